The van der Waals surface area contributed by atoms with E-state index in [0.717, 1.165) is 61.9 Å². The van der Waals surface area contributed by atoms with Crippen LogP contribution in [0.5, 0.6) is 17.2 Å². The molecule has 1 saturated heterocycles. The Balaban J connectivity index is 1.28. The molecule has 2 aromatic carbocycles. The van der Waals surface area contributed by atoms with Crippen LogP contribution in [0.15, 0.2) is 65.5 Å². The van der Waals surface area contributed by atoms with Gasteiger partial charge in [-0.25, -0.2) is 0 Å². The van der Waals surface area contributed by atoms with Gasteiger partial charge in [-0.2, -0.15) is 0 Å². The van der Waals surface area contributed by atoms with Gasteiger partial charge in [-0.05, 0) is 68.2 Å². The summed E-state index contributed by atoms with van der Waals surface area (Å²) in [6.07, 6.45) is 10.6. The van der Waals surface area contributed by atoms with Crippen LogP contribution in [0.1, 0.15) is 62.3 Å². The van der Waals surface area contributed by atoms with Gasteiger partial charge in [0.2, 0.25) is 5.91 Å². The van der Waals surface area contributed by atoms with Crippen LogP contribution in [0, 0.1) is 11.8 Å². The van der Waals surface area contributed by atoms with Crippen LogP contribution in [0.4, 0.5) is 0 Å². The Hall–Kier alpha value is -4.04. The third-order valence-electron chi connectivity index (χ3n) is 10.5. The van der Waals surface area contributed by atoms with Gasteiger partial charge in [0, 0.05) is 60.3 Å². The predicted octanol–water partition coefficient (Wildman–Crippen LogP) is 5.76. The Bertz CT molecular complexity index is 1600. The molecule has 45 heavy (non-hydrogen) atoms. The van der Waals surface area contributed by atoms with Gasteiger partial charge in [0.05, 0.1) is 18.6 Å². The Morgan fingerprint density at radius 3 is 2.76 bits per heavy atom. The van der Waals surface area contributed by atoms with Crippen molar-refractivity contribution >= 4 is 18.0 Å². The summed E-state index contributed by atoms with van der Waals surface area (Å²) in [7, 11) is 0. The molecule has 2 bridgehead atoms. The van der Waals surface area contributed by atoms with E-state index in [-0.39, 0.29) is 41.5 Å². The normalized spacial score (nSPS) is 26.5. The van der Waals surface area contributed by atoms with Crippen LogP contribution >= 0.6 is 0 Å². The van der Waals surface area contributed by atoms with E-state index in [1.807, 2.05) is 11.0 Å². The van der Waals surface area contributed by atoms with Crippen molar-refractivity contribution in [3.8, 4) is 17.2 Å². The highest BCUT2D eigenvalue weighted by Gasteiger charge is 2.67. The summed E-state index contributed by atoms with van der Waals surface area (Å²) in [6.45, 7) is 8.07. The van der Waals surface area contributed by atoms with Gasteiger partial charge in [0.1, 0.15) is 11.9 Å². The van der Waals surface area contributed by atoms with Crippen molar-refractivity contribution < 1.29 is 28.6 Å². The van der Waals surface area contributed by atoms with E-state index >= 15 is 0 Å². The predicted molar refractivity (Wildman–Crippen MR) is 170 cm³/mol. The zero-order valence-electron chi connectivity index (χ0n) is 26.3. The van der Waals surface area contributed by atoms with Crippen molar-refractivity contribution in [2.24, 2.45) is 11.8 Å². The maximum absolute atomic E-state index is 13.9. The molecule has 3 aromatic rings. The minimum Gasteiger partial charge on any atom is -0.508 e. The molecule has 0 unspecified atom stereocenters. The minimum atomic E-state index is -0.458. The number of ether oxygens (including phenoxy) is 2. The molecule has 2 aliphatic heterocycles. The Labute approximate surface area is 264 Å². The minimum absolute atomic E-state index is 0.0553. The van der Waals surface area contributed by atoms with E-state index in [0.29, 0.717) is 18.2 Å². The molecule has 236 valence electrons. The second-order valence-corrected chi connectivity index (χ2v) is 13.6. The first kappa shape index (κ1) is 29.7. The Kier molecular flexibility index (Phi) is 7.72. The van der Waals surface area contributed by atoms with Gasteiger partial charge >= 0.3 is 5.97 Å². The van der Waals surface area contributed by atoms with Crippen LogP contribution in [0.3, 0.4) is 0 Å². The molecule has 8 nitrogen and oxygen atoms in total. The highest BCUT2D eigenvalue weighted by molar-refractivity contribution is 5.92. The number of amides is 1. The van der Waals surface area contributed by atoms with Crippen LogP contribution in [0.2, 0.25) is 0 Å². The first-order chi connectivity index (χ1) is 21.8. The van der Waals surface area contributed by atoms with Gasteiger partial charge in [0.25, 0.3) is 0 Å². The van der Waals surface area contributed by atoms with Gasteiger partial charge < -0.3 is 23.9 Å². The lowest BCUT2D eigenvalue weighted by Gasteiger charge is -2.60. The van der Waals surface area contributed by atoms with E-state index in [9.17, 15) is 14.7 Å². The molecule has 8 heteroatoms. The molecule has 1 spiro atoms. The summed E-state index contributed by atoms with van der Waals surface area (Å²) >= 11 is 0. The number of nitrogens with zero attached hydrogens (tertiary/aromatic N) is 2. The van der Waals surface area contributed by atoms with Crippen molar-refractivity contribution in [3.63, 3.8) is 0 Å². The second-order valence-electron chi connectivity index (χ2n) is 13.6. The van der Waals surface area contributed by atoms with Crippen LogP contribution in [0.25, 0.3) is 6.08 Å². The van der Waals surface area contributed by atoms with Gasteiger partial charge in [-0.3, -0.25) is 14.5 Å². The summed E-state index contributed by atoms with van der Waals surface area (Å²) in [4.78, 5) is 30.7. The zero-order chi connectivity index (χ0) is 31.3. The number of carbonyl (C=O) groups is 2. The van der Waals surface area contributed by atoms with Crippen LogP contribution in [-0.4, -0.2) is 64.6 Å². The topological polar surface area (TPSA) is 92.5 Å². The summed E-state index contributed by atoms with van der Waals surface area (Å²) in [5.41, 5.74) is 3.67. The van der Waals surface area contributed by atoms with Crippen molar-refractivity contribution in [2.45, 2.75) is 76.5 Å². The third kappa shape index (κ3) is 5.13. The smallest absolute Gasteiger partial charge is 0.308 e. The lowest BCUT2D eigenvalue weighted by Crippen LogP contribution is -2.69. The quantitative estimate of drug-likeness (QED) is 0.187. The summed E-state index contributed by atoms with van der Waals surface area (Å²) in [5, 5.41) is 11.4. The van der Waals surface area contributed by atoms with E-state index in [1.165, 1.54) is 12.5 Å². The molecule has 2 fully saturated rings. The van der Waals surface area contributed by atoms with Crippen LogP contribution in [-0.2, 0) is 27.8 Å². The van der Waals surface area contributed by atoms with Crippen molar-refractivity contribution in [1.82, 2.24) is 9.80 Å². The zero-order valence-corrected chi connectivity index (χ0v) is 26.3. The second kappa shape index (κ2) is 11.7. The monoisotopic (exact) mass is 610 g/mol. The standard InChI is InChI=1S/C37H42N2O6/c1-23(2)21-39(33(42)12-9-26-14-18-43-22-26)29-11-10-28-30-19-27-31(41)20-32(44-24(3)40)35-34(27)37(28,36(29)45-35)15-17-38(30)16-13-25-7-5-4-6-8-25/h4-9,12,14,18,20,22-23,28-30,36,41H,10-11,13,15-17,19,21H2,1-3H3/b12-9+/t28-,29+,30+,36-,37-/m0/s1. The fourth-order valence-corrected chi connectivity index (χ4v) is 8.81. The molecule has 1 saturated carbocycles. The van der Waals surface area contributed by atoms with Crippen molar-refractivity contribution in [2.75, 3.05) is 19.6 Å². The Morgan fingerprint density at radius 1 is 1.20 bits per heavy atom. The number of hydrogen-bond acceptors (Lipinski definition) is 7. The molecule has 1 N–H and O–H groups in total. The number of phenols is 1. The van der Waals surface area contributed by atoms with E-state index in [2.05, 4.69) is 49.1 Å². The maximum Gasteiger partial charge on any atom is 0.308 e. The average Bonchev–Trinajstić information content (AvgIpc) is 3.66. The molecular weight excluding hydrogens is 568 g/mol. The number of likely N-dealkylation sites (tertiary alicyclic amines) is 1. The number of piperidine rings is 1. The van der Waals surface area contributed by atoms with Crippen molar-refractivity contribution in [1.29, 1.82) is 0 Å². The first-order valence-corrected chi connectivity index (χ1v) is 16.3. The number of rotatable bonds is 9. The van der Waals surface area contributed by atoms with E-state index < -0.39 is 11.4 Å². The number of benzene rings is 2. The van der Waals surface area contributed by atoms with E-state index in [1.54, 1.807) is 30.7 Å². The number of aromatic hydroxyl groups is 1. The number of phenolic OH excluding ortho intramolecular Hbond substituents is 1. The van der Waals surface area contributed by atoms with Crippen molar-refractivity contribution in [3.05, 3.63) is 83.3 Å². The number of furan rings is 1. The number of carbonyl (C=O) groups excluding carboxylic acids is 2. The largest absolute Gasteiger partial charge is 0.508 e. The fourth-order valence-electron chi connectivity index (χ4n) is 8.81. The molecule has 5 atom stereocenters. The third-order valence-corrected chi connectivity index (χ3v) is 10.5. The van der Waals surface area contributed by atoms with Gasteiger partial charge in [0.15, 0.2) is 11.5 Å². The maximum atomic E-state index is 13.9. The molecule has 0 radical (unpaired) electrons. The van der Waals surface area contributed by atoms with E-state index in [4.69, 9.17) is 13.9 Å². The number of esters is 1. The highest BCUT2D eigenvalue weighted by Crippen LogP contribution is 2.65. The van der Waals surface area contributed by atoms with Crippen LogP contribution < -0.4 is 9.47 Å². The lowest BCUT2D eigenvalue weighted by molar-refractivity contribution is -0.138. The SMILES string of the molecule is CC(=O)Oc1cc(O)c2c3c1O[C@H]1[C@H](N(CC(C)C)C(=O)/C=C/c4ccoc4)CC[C@H]4[C@@H](C2)N(CCc2ccccc2)CC[C@@]341. The fraction of sp³-hybridized carbons (Fsp3) is 0.459. The summed E-state index contributed by atoms with van der Waals surface area (Å²) in [6, 6.07) is 14.1. The molecule has 3 heterocycles. The Morgan fingerprint density at radius 2 is 2.02 bits per heavy atom. The van der Waals surface area contributed by atoms with Gasteiger partial charge in [-0.15, -0.1) is 0 Å². The first-order valence-electron chi connectivity index (χ1n) is 16.3. The molecule has 2 aliphatic carbocycles. The average molecular weight is 611 g/mol. The summed E-state index contributed by atoms with van der Waals surface area (Å²) < 4.78 is 17.8. The number of hydrogen-bond donors (Lipinski definition) is 1. The molecule has 4 aliphatic rings. The lowest BCUT2D eigenvalue weighted by atomic mass is 9.50. The molecule has 1 amide bonds. The molecular formula is C37H42N2O6. The highest BCUT2D eigenvalue weighted by atomic mass is 16.6. The molecule has 7 rings (SSSR count). The van der Waals surface area contributed by atoms with Gasteiger partial charge in [-0.1, -0.05) is 44.2 Å². The molecule has 1 aromatic heterocycles. The summed E-state index contributed by atoms with van der Waals surface area (Å²) in [5.74, 6) is 1.03.